The summed E-state index contributed by atoms with van der Waals surface area (Å²) in [6.07, 6.45) is -0.0664. The first kappa shape index (κ1) is 26.3. The van der Waals surface area contributed by atoms with Crippen molar-refractivity contribution in [2.75, 3.05) is 19.7 Å². The van der Waals surface area contributed by atoms with Crippen LogP contribution in [-0.4, -0.2) is 53.2 Å². The molecular formula is C28H36N2O5. The minimum Gasteiger partial charge on any atom is -0.480 e. The molecule has 188 valence electrons. The molecule has 0 spiro atoms. The molecule has 0 aromatic heterocycles. The summed E-state index contributed by atoms with van der Waals surface area (Å²) in [4.78, 5) is 39.0. The highest BCUT2D eigenvalue weighted by Gasteiger charge is 2.39. The molecule has 0 saturated heterocycles. The van der Waals surface area contributed by atoms with Gasteiger partial charge in [0.2, 0.25) is 5.91 Å². The SMILES string of the molecule is CCN(C(=O)C(CNC(=O)OCC1c2ccccc2-c2ccccc21)CC(C)C)C(C)(C)C(=O)O. The third-order valence-corrected chi connectivity index (χ3v) is 6.72. The highest BCUT2D eigenvalue weighted by atomic mass is 16.5. The fourth-order valence-corrected chi connectivity index (χ4v) is 4.86. The van der Waals surface area contributed by atoms with E-state index in [1.165, 1.54) is 18.7 Å². The van der Waals surface area contributed by atoms with Crippen LogP contribution in [0.2, 0.25) is 0 Å². The van der Waals surface area contributed by atoms with E-state index in [1.807, 2.05) is 38.1 Å². The molecule has 7 nitrogen and oxygen atoms in total. The van der Waals surface area contributed by atoms with Gasteiger partial charge in [0.25, 0.3) is 0 Å². The fourth-order valence-electron chi connectivity index (χ4n) is 4.86. The van der Waals surface area contributed by atoms with E-state index in [4.69, 9.17) is 4.74 Å². The Labute approximate surface area is 207 Å². The summed E-state index contributed by atoms with van der Waals surface area (Å²) in [5, 5.41) is 12.3. The van der Waals surface area contributed by atoms with Crippen molar-refractivity contribution in [3.63, 3.8) is 0 Å². The molecule has 2 aromatic rings. The Balaban J connectivity index is 1.66. The van der Waals surface area contributed by atoms with Crippen molar-refractivity contribution in [2.24, 2.45) is 11.8 Å². The van der Waals surface area contributed by atoms with E-state index >= 15 is 0 Å². The number of benzene rings is 2. The summed E-state index contributed by atoms with van der Waals surface area (Å²) < 4.78 is 5.60. The first-order valence-electron chi connectivity index (χ1n) is 12.2. The second kappa shape index (κ2) is 10.9. The van der Waals surface area contributed by atoms with Crippen molar-refractivity contribution >= 4 is 18.0 Å². The molecule has 0 radical (unpaired) electrons. The van der Waals surface area contributed by atoms with E-state index < -0.39 is 23.5 Å². The van der Waals surface area contributed by atoms with Crippen molar-refractivity contribution in [1.82, 2.24) is 10.2 Å². The van der Waals surface area contributed by atoms with Crippen LogP contribution in [0, 0.1) is 11.8 Å². The quantitative estimate of drug-likeness (QED) is 0.504. The lowest BCUT2D eigenvalue weighted by Gasteiger charge is -2.37. The van der Waals surface area contributed by atoms with Crippen molar-refractivity contribution < 1.29 is 24.2 Å². The molecule has 0 aliphatic heterocycles. The number of carbonyl (C=O) groups is 3. The number of likely N-dealkylation sites (N-methyl/N-ethyl adjacent to an activating group) is 1. The van der Waals surface area contributed by atoms with Gasteiger partial charge in [-0.3, -0.25) is 4.79 Å². The van der Waals surface area contributed by atoms with Gasteiger partial charge in [-0.15, -0.1) is 0 Å². The van der Waals surface area contributed by atoms with Gasteiger partial charge < -0.3 is 20.1 Å². The number of hydrogen-bond acceptors (Lipinski definition) is 4. The van der Waals surface area contributed by atoms with Gasteiger partial charge in [-0.2, -0.15) is 0 Å². The van der Waals surface area contributed by atoms with Crippen LogP contribution in [-0.2, 0) is 14.3 Å². The number of rotatable bonds is 10. The lowest BCUT2D eigenvalue weighted by molar-refractivity contribution is -0.158. The van der Waals surface area contributed by atoms with Crippen LogP contribution < -0.4 is 5.32 Å². The Hall–Kier alpha value is -3.35. The zero-order valence-electron chi connectivity index (χ0n) is 21.2. The summed E-state index contributed by atoms with van der Waals surface area (Å²) in [5.41, 5.74) is 3.22. The van der Waals surface area contributed by atoms with Gasteiger partial charge in [-0.1, -0.05) is 62.4 Å². The molecule has 35 heavy (non-hydrogen) atoms. The van der Waals surface area contributed by atoms with Crippen LogP contribution in [0.5, 0.6) is 0 Å². The maximum Gasteiger partial charge on any atom is 0.407 e. The number of aliphatic carboxylic acids is 1. The third-order valence-electron chi connectivity index (χ3n) is 6.72. The molecule has 0 bridgehead atoms. The molecule has 0 heterocycles. The molecule has 2 aromatic carbocycles. The Kier molecular flexibility index (Phi) is 8.20. The van der Waals surface area contributed by atoms with Gasteiger partial charge in [-0.25, -0.2) is 9.59 Å². The highest BCUT2D eigenvalue weighted by Crippen LogP contribution is 2.44. The molecule has 3 rings (SSSR count). The number of carboxylic acid groups (broad SMARTS) is 1. The predicted molar refractivity (Wildman–Crippen MR) is 135 cm³/mol. The Bertz CT molecular complexity index is 1030. The van der Waals surface area contributed by atoms with Crippen LogP contribution in [0.4, 0.5) is 4.79 Å². The Morgan fingerprint density at radius 3 is 2.06 bits per heavy atom. The fraction of sp³-hybridized carbons (Fsp3) is 0.464. The van der Waals surface area contributed by atoms with Crippen molar-refractivity contribution in [3.05, 3.63) is 59.7 Å². The molecule has 0 fully saturated rings. The van der Waals surface area contributed by atoms with Crippen LogP contribution in [0.1, 0.15) is 58.1 Å². The minimum atomic E-state index is -1.34. The maximum absolute atomic E-state index is 13.3. The number of amides is 2. The molecule has 1 unspecified atom stereocenters. The average Bonchev–Trinajstić information content (AvgIpc) is 3.14. The number of carboxylic acids is 1. The van der Waals surface area contributed by atoms with E-state index in [0.717, 1.165) is 22.3 Å². The van der Waals surface area contributed by atoms with Gasteiger partial charge >= 0.3 is 12.1 Å². The molecule has 1 atom stereocenters. The summed E-state index contributed by atoms with van der Waals surface area (Å²) >= 11 is 0. The van der Waals surface area contributed by atoms with Gasteiger partial charge in [0.15, 0.2) is 0 Å². The number of carbonyl (C=O) groups excluding carboxylic acids is 2. The summed E-state index contributed by atoms with van der Waals surface area (Å²) in [6.45, 7) is 9.31. The number of ether oxygens (including phenoxy) is 1. The number of nitrogens with zero attached hydrogens (tertiary/aromatic N) is 1. The summed E-state index contributed by atoms with van der Waals surface area (Å²) in [6, 6.07) is 16.2. The van der Waals surface area contributed by atoms with Crippen molar-refractivity contribution in [3.8, 4) is 11.1 Å². The van der Waals surface area contributed by atoms with Gasteiger partial charge in [0.1, 0.15) is 12.1 Å². The second-order valence-corrected chi connectivity index (χ2v) is 9.98. The molecule has 7 heteroatoms. The van der Waals surface area contributed by atoms with Crippen LogP contribution in [0.3, 0.4) is 0 Å². The van der Waals surface area contributed by atoms with E-state index in [9.17, 15) is 19.5 Å². The lowest BCUT2D eigenvalue weighted by atomic mass is 9.93. The van der Waals surface area contributed by atoms with Crippen LogP contribution in [0.15, 0.2) is 48.5 Å². The molecule has 2 amide bonds. The van der Waals surface area contributed by atoms with Crippen LogP contribution >= 0.6 is 0 Å². The number of fused-ring (bicyclic) bond motifs is 3. The number of nitrogens with one attached hydrogen (secondary N) is 1. The zero-order valence-corrected chi connectivity index (χ0v) is 21.2. The van der Waals surface area contributed by atoms with Crippen molar-refractivity contribution in [2.45, 2.75) is 52.5 Å². The van der Waals surface area contributed by atoms with Gasteiger partial charge in [0, 0.05) is 19.0 Å². The Morgan fingerprint density at radius 2 is 1.57 bits per heavy atom. The maximum atomic E-state index is 13.3. The van der Waals surface area contributed by atoms with E-state index in [-0.39, 0.29) is 37.4 Å². The zero-order chi connectivity index (χ0) is 25.8. The summed E-state index contributed by atoms with van der Waals surface area (Å²) in [5.74, 6) is -1.75. The smallest absolute Gasteiger partial charge is 0.407 e. The third kappa shape index (κ3) is 5.66. The monoisotopic (exact) mass is 480 g/mol. The van der Waals surface area contributed by atoms with Gasteiger partial charge in [-0.05, 0) is 55.4 Å². The normalized spacial score (nSPS) is 13.7. The largest absolute Gasteiger partial charge is 0.480 e. The molecule has 1 aliphatic rings. The predicted octanol–water partition coefficient (Wildman–Crippen LogP) is 4.90. The highest BCUT2D eigenvalue weighted by molar-refractivity contribution is 5.88. The first-order chi connectivity index (χ1) is 16.6. The molecule has 1 aliphatic carbocycles. The van der Waals surface area contributed by atoms with E-state index in [0.29, 0.717) is 6.42 Å². The van der Waals surface area contributed by atoms with Crippen molar-refractivity contribution in [1.29, 1.82) is 0 Å². The molecule has 0 saturated carbocycles. The first-order valence-corrected chi connectivity index (χ1v) is 12.2. The number of alkyl carbamates (subject to hydrolysis) is 1. The topological polar surface area (TPSA) is 95.9 Å². The van der Waals surface area contributed by atoms with E-state index in [2.05, 4.69) is 29.6 Å². The van der Waals surface area contributed by atoms with E-state index in [1.54, 1.807) is 6.92 Å². The standard InChI is InChI=1S/C28H36N2O5/c1-6-30(28(4,5)26(32)33)25(31)19(15-18(2)3)16-29-27(34)35-17-24-22-13-9-7-11-20(22)21-12-8-10-14-23(21)24/h7-14,18-19,24H,6,15-17H2,1-5H3,(H,29,34)(H,32,33). The van der Waals surface area contributed by atoms with Gasteiger partial charge in [0.05, 0.1) is 5.92 Å². The summed E-state index contributed by atoms with van der Waals surface area (Å²) in [7, 11) is 0. The minimum absolute atomic E-state index is 0.0480. The molecule has 2 N–H and O–H groups in total. The Morgan fingerprint density at radius 1 is 1.03 bits per heavy atom. The van der Waals surface area contributed by atoms with Crippen LogP contribution in [0.25, 0.3) is 11.1 Å². The molecular weight excluding hydrogens is 444 g/mol. The lowest BCUT2D eigenvalue weighted by Crippen LogP contribution is -2.55. The second-order valence-electron chi connectivity index (χ2n) is 9.98. The average molecular weight is 481 g/mol. The number of hydrogen-bond donors (Lipinski definition) is 2.